The van der Waals surface area contributed by atoms with Gasteiger partial charge in [-0.1, -0.05) is 6.92 Å². The molecule has 0 aromatic rings. The van der Waals surface area contributed by atoms with E-state index >= 15 is 0 Å². The summed E-state index contributed by atoms with van der Waals surface area (Å²) < 4.78 is 9.78. The monoisotopic (exact) mass is 206 g/mol. The maximum absolute atomic E-state index is 8.29. The van der Waals surface area contributed by atoms with Crippen molar-refractivity contribution >= 4 is 0 Å². The fourth-order valence-corrected chi connectivity index (χ4v) is 0.848. The Kier molecular flexibility index (Phi) is 8.02. The normalized spacial score (nSPS) is 16.3. The van der Waals surface area contributed by atoms with Crippen LogP contribution in [0.4, 0.5) is 0 Å². The fraction of sp³-hybridized carbons (Fsp3) is 1.00. The molecule has 0 amide bonds. The van der Waals surface area contributed by atoms with Gasteiger partial charge in [0, 0.05) is 19.6 Å². The Bertz CT molecular complexity index is 120. The minimum Gasteiger partial charge on any atom is -0.394 e. The first-order valence-corrected chi connectivity index (χ1v) is 5.02. The van der Waals surface area contributed by atoms with E-state index in [4.69, 9.17) is 26.0 Å². The Hall–Kier alpha value is -0.200. The Morgan fingerprint density at radius 1 is 1.36 bits per heavy atom. The highest BCUT2D eigenvalue weighted by atomic mass is 16.5. The van der Waals surface area contributed by atoms with E-state index < -0.39 is 5.85 Å². The molecule has 1 aliphatic heterocycles. The second-order valence-electron chi connectivity index (χ2n) is 3.20. The van der Waals surface area contributed by atoms with Gasteiger partial charge in [0.15, 0.2) is 5.85 Å². The average Bonchev–Trinajstić information content (AvgIpc) is 2.73. The van der Waals surface area contributed by atoms with E-state index in [9.17, 15) is 0 Å². The van der Waals surface area contributed by atoms with Gasteiger partial charge in [0.1, 0.15) is 0 Å². The van der Waals surface area contributed by atoms with Gasteiger partial charge in [-0.15, -0.1) is 0 Å². The van der Waals surface area contributed by atoms with Crippen LogP contribution in [0.25, 0.3) is 0 Å². The highest BCUT2D eigenvalue weighted by molar-refractivity contribution is 4.59. The zero-order valence-electron chi connectivity index (χ0n) is 8.87. The summed E-state index contributed by atoms with van der Waals surface area (Å²) in [5, 5.41) is 8.29. The second kappa shape index (κ2) is 8.14. The molecule has 5 N–H and O–H groups in total. The van der Waals surface area contributed by atoms with Crippen LogP contribution in [0.15, 0.2) is 0 Å². The first-order valence-electron chi connectivity index (χ1n) is 5.02. The third-order valence-corrected chi connectivity index (χ3v) is 1.84. The Balaban J connectivity index is 0.000000280. The molecule has 0 aromatic carbocycles. The largest absolute Gasteiger partial charge is 0.394 e. The van der Waals surface area contributed by atoms with Gasteiger partial charge in [0.05, 0.1) is 13.2 Å². The lowest BCUT2D eigenvalue weighted by Crippen LogP contribution is -2.51. The smallest absolute Gasteiger partial charge is 0.169 e. The van der Waals surface area contributed by atoms with Crippen LogP contribution in [0.1, 0.15) is 26.2 Å². The molecule has 14 heavy (non-hydrogen) atoms. The number of nitrogens with two attached hydrogens (primary N) is 2. The molecule has 5 heteroatoms. The molecule has 5 nitrogen and oxygen atoms in total. The molecule has 0 aliphatic carbocycles. The van der Waals surface area contributed by atoms with Crippen molar-refractivity contribution in [2.75, 3.05) is 26.4 Å². The van der Waals surface area contributed by atoms with Crippen LogP contribution in [0.2, 0.25) is 0 Å². The van der Waals surface area contributed by atoms with Crippen LogP contribution >= 0.6 is 0 Å². The zero-order chi connectivity index (χ0) is 10.9. The predicted molar refractivity (Wildman–Crippen MR) is 54.5 cm³/mol. The van der Waals surface area contributed by atoms with E-state index in [0.717, 1.165) is 13.2 Å². The summed E-state index contributed by atoms with van der Waals surface area (Å²) in [5.41, 5.74) is 10.7. The van der Waals surface area contributed by atoms with Crippen molar-refractivity contribution in [3.05, 3.63) is 0 Å². The van der Waals surface area contributed by atoms with Gasteiger partial charge in [-0.2, -0.15) is 0 Å². The van der Waals surface area contributed by atoms with E-state index in [1.165, 1.54) is 12.8 Å². The van der Waals surface area contributed by atoms with Gasteiger partial charge in [-0.25, -0.2) is 0 Å². The predicted octanol–water partition coefficient (Wildman–Crippen LogP) is -0.227. The van der Waals surface area contributed by atoms with Crippen LogP contribution in [-0.2, 0) is 9.47 Å². The van der Waals surface area contributed by atoms with Crippen LogP contribution in [0, 0.1) is 0 Å². The number of hydrogen-bond acceptors (Lipinski definition) is 5. The molecule has 1 heterocycles. The third-order valence-electron chi connectivity index (χ3n) is 1.84. The van der Waals surface area contributed by atoms with Crippen LogP contribution in [-0.4, -0.2) is 37.4 Å². The number of hydrogen-bond donors (Lipinski definition) is 3. The molecule has 0 spiro atoms. The standard InChI is InChI=1S/C5H14N2O2.C4H8O/c1-2-5(6,7)9-4-3-8;1-2-4-5-3-1/h8H,2-4,6-7H2,1H3;1-4H2. The van der Waals surface area contributed by atoms with Crippen molar-refractivity contribution in [1.29, 1.82) is 0 Å². The summed E-state index contributed by atoms with van der Waals surface area (Å²) in [6.07, 6.45) is 3.09. The van der Waals surface area contributed by atoms with Gasteiger partial charge in [-0.05, 0) is 12.8 Å². The molecule has 0 bridgehead atoms. The summed E-state index contributed by atoms with van der Waals surface area (Å²) in [6.45, 7) is 3.97. The van der Waals surface area contributed by atoms with Crippen molar-refractivity contribution in [2.24, 2.45) is 11.5 Å². The minimum atomic E-state index is -1.07. The van der Waals surface area contributed by atoms with E-state index in [1.807, 2.05) is 6.92 Å². The maximum Gasteiger partial charge on any atom is 0.169 e. The Labute approximate surface area is 85.4 Å². The highest BCUT2D eigenvalue weighted by Crippen LogP contribution is 1.98. The van der Waals surface area contributed by atoms with E-state index in [2.05, 4.69) is 0 Å². The lowest BCUT2D eigenvalue weighted by molar-refractivity contribution is -0.0525. The van der Waals surface area contributed by atoms with E-state index in [0.29, 0.717) is 6.42 Å². The minimum absolute atomic E-state index is 0.0455. The molecule has 0 aromatic heterocycles. The zero-order valence-corrected chi connectivity index (χ0v) is 8.87. The van der Waals surface area contributed by atoms with Crippen LogP contribution < -0.4 is 11.5 Å². The summed E-state index contributed by atoms with van der Waals surface area (Å²) in [5.74, 6) is -1.07. The Morgan fingerprint density at radius 3 is 2.21 bits per heavy atom. The topological polar surface area (TPSA) is 90.7 Å². The van der Waals surface area contributed by atoms with Crippen molar-refractivity contribution in [1.82, 2.24) is 0 Å². The van der Waals surface area contributed by atoms with Crippen molar-refractivity contribution in [3.8, 4) is 0 Å². The van der Waals surface area contributed by atoms with E-state index in [1.54, 1.807) is 0 Å². The molecule has 0 atom stereocenters. The highest BCUT2D eigenvalue weighted by Gasteiger charge is 2.14. The van der Waals surface area contributed by atoms with Crippen LogP contribution in [0.5, 0.6) is 0 Å². The number of aliphatic hydroxyl groups is 1. The van der Waals surface area contributed by atoms with Gasteiger partial charge in [0.25, 0.3) is 0 Å². The molecule has 1 rings (SSSR count). The summed E-state index contributed by atoms with van der Waals surface area (Å²) in [6, 6.07) is 0. The molecule has 0 unspecified atom stereocenters. The van der Waals surface area contributed by atoms with Gasteiger partial charge in [-0.3, -0.25) is 11.5 Å². The Morgan fingerprint density at radius 2 is 1.93 bits per heavy atom. The van der Waals surface area contributed by atoms with E-state index in [-0.39, 0.29) is 13.2 Å². The summed E-state index contributed by atoms with van der Waals surface area (Å²) >= 11 is 0. The maximum atomic E-state index is 8.29. The average molecular weight is 206 g/mol. The molecule has 1 saturated heterocycles. The molecule has 1 aliphatic rings. The summed E-state index contributed by atoms with van der Waals surface area (Å²) in [4.78, 5) is 0. The third kappa shape index (κ3) is 8.40. The van der Waals surface area contributed by atoms with Gasteiger partial charge >= 0.3 is 0 Å². The number of aliphatic hydroxyl groups excluding tert-OH is 1. The lowest BCUT2D eigenvalue weighted by Gasteiger charge is -2.22. The van der Waals surface area contributed by atoms with Gasteiger partial charge in [0.2, 0.25) is 0 Å². The van der Waals surface area contributed by atoms with Crippen molar-refractivity contribution in [2.45, 2.75) is 32.0 Å². The molecule has 0 radical (unpaired) electrons. The quantitative estimate of drug-likeness (QED) is 0.553. The number of rotatable bonds is 4. The molecule has 1 fully saturated rings. The SMILES string of the molecule is C1CCOC1.CCC(N)(N)OCCO. The van der Waals surface area contributed by atoms with Crippen molar-refractivity contribution in [3.63, 3.8) is 0 Å². The van der Waals surface area contributed by atoms with Crippen molar-refractivity contribution < 1.29 is 14.6 Å². The molecule has 0 saturated carbocycles. The number of ether oxygens (including phenoxy) is 2. The summed E-state index contributed by atoms with van der Waals surface area (Å²) in [7, 11) is 0. The lowest BCUT2D eigenvalue weighted by atomic mass is 10.3. The van der Waals surface area contributed by atoms with Crippen LogP contribution in [0.3, 0.4) is 0 Å². The molecule has 86 valence electrons. The van der Waals surface area contributed by atoms with Gasteiger partial charge < -0.3 is 14.6 Å². The fourth-order valence-electron chi connectivity index (χ4n) is 0.848. The molecular weight excluding hydrogens is 184 g/mol. The second-order valence-corrected chi connectivity index (χ2v) is 3.20. The first-order chi connectivity index (χ1) is 6.62. The first kappa shape index (κ1) is 13.8. The molecular formula is C9H22N2O3.